The van der Waals surface area contributed by atoms with Gasteiger partial charge in [-0.1, -0.05) is 0 Å². The lowest BCUT2D eigenvalue weighted by molar-refractivity contribution is 0.275. The van der Waals surface area contributed by atoms with Gasteiger partial charge in [0.1, 0.15) is 12.1 Å². The van der Waals surface area contributed by atoms with E-state index in [1.54, 1.807) is 30.3 Å². The average molecular weight is 220 g/mol. The zero-order chi connectivity index (χ0) is 11.5. The Morgan fingerprint density at radius 2 is 2.25 bits per heavy atom. The highest BCUT2D eigenvalue weighted by Gasteiger charge is 2.08. The lowest BCUT2D eigenvalue weighted by Gasteiger charge is -2.06. The van der Waals surface area contributed by atoms with Crippen LogP contribution in [0, 0.1) is 6.92 Å². The van der Waals surface area contributed by atoms with E-state index in [9.17, 15) is 0 Å². The first-order valence-corrected chi connectivity index (χ1v) is 4.79. The SMILES string of the molecule is Cc1cc(Oc2ncn(C)n2)c(CO)cn1. The van der Waals surface area contributed by atoms with E-state index in [4.69, 9.17) is 9.84 Å². The lowest BCUT2D eigenvalue weighted by atomic mass is 10.2. The van der Waals surface area contributed by atoms with Crippen LogP contribution in [0.1, 0.15) is 11.3 Å². The van der Waals surface area contributed by atoms with Crippen molar-refractivity contribution in [1.29, 1.82) is 0 Å². The summed E-state index contributed by atoms with van der Waals surface area (Å²) in [6, 6.07) is 1.99. The lowest BCUT2D eigenvalue weighted by Crippen LogP contribution is -1.96. The van der Waals surface area contributed by atoms with Crippen molar-refractivity contribution in [3.63, 3.8) is 0 Å². The molecule has 16 heavy (non-hydrogen) atoms. The van der Waals surface area contributed by atoms with Crippen molar-refractivity contribution in [1.82, 2.24) is 19.7 Å². The summed E-state index contributed by atoms with van der Waals surface area (Å²) in [6.45, 7) is 1.72. The van der Waals surface area contributed by atoms with Gasteiger partial charge >= 0.3 is 6.01 Å². The summed E-state index contributed by atoms with van der Waals surface area (Å²) >= 11 is 0. The predicted octanol–water partition coefficient (Wildman–Crippen LogP) is 0.803. The minimum Gasteiger partial charge on any atom is -0.423 e. The first-order chi connectivity index (χ1) is 7.69. The maximum atomic E-state index is 9.13. The van der Waals surface area contributed by atoms with Gasteiger partial charge in [-0.2, -0.15) is 4.98 Å². The van der Waals surface area contributed by atoms with E-state index in [1.807, 2.05) is 6.92 Å². The van der Waals surface area contributed by atoms with Crippen LogP contribution in [0.25, 0.3) is 0 Å². The number of hydrogen-bond donors (Lipinski definition) is 1. The molecule has 0 radical (unpaired) electrons. The van der Waals surface area contributed by atoms with Crippen molar-refractivity contribution >= 4 is 0 Å². The van der Waals surface area contributed by atoms with Gasteiger partial charge in [-0.15, -0.1) is 5.10 Å². The van der Waals surface area contributed by atoms with Gasteiger partial charge in [0, 0.05) is 30.6 Å². The molecule has 0 atom stereocenters. The molecule has 0 bridgehead atoms. The van der Waals surface area contributed by atoms with Crippen LogP contribution in [-0.4, -0.2) is 24.9 Å². The molecule has 2 heterocycles. The fraction of sp³-hybridized carbons (Fsp3) is 0.300. The first kappa shape index (κ1) is 10.6. The topological polar surface area (TPSA) is 73.1 Å². The maximum Gasteiger partial charge on any atom is 0.340 e. The fourth-order valence-electron chi connectivity index (χ4n) is 1.24. The molecule has 2 aromatic rings. The Morgan fingerprint density at radius 1 is 1.44 bits per heavy atom. The molecule has 84 valence electrons. The Hall–Kier alpha value is -1.95. The van der Waals surface area contributed by atoms with E-state index in [1.165, 1.54) is 0 Å². The van der Waals surface area contributed by atoms with E-state index in [0.29, 0.717) is 11.3 Å². The summed E-state index contributed by atoms with van der Waals surface area (Å²) in [5.41, 5.74) is 1.42. The van der Waals surface area contributed by atoms with Crippen LogP contribution < -0.4 is 4.74 Å². The molecule has 0 amide bonds. The fourth-order valence-corrected chi connectivity index (χ4v) is 1.24. The van der Waals surface area contributed by atoms with Crippen LogP contribution in [0.3, 0.4) is 0 Å². The number of aromatic nitrogens is 4. The summed E-state index contributed by atoms with van der Waals surface area (Å²) in [7, 11) is 1.75. The number of hydrogen-bond acceptors (Lipinski definition) is 5. The van der Waals surface area contributed by atoms with Gasteiger partial charge in [0.25, 0.3) is 0 Å². The number of ether oxygens (including phenoxy) is 1. The Kier molecular flexibility index (Phi) is 2.82. The number of aliphatic hydroxyl groups excluding tert-OH is 1. The van der Waals surface area contributed by atoms with Gasteiger partial charge in [-0.05, 0) is 6.92 Å². The molecule has 1 N–H and O–H groups in total. The molecular weight excluding hydrogens is 208 g/mol. The molecule has 0 aliphatic heterocycles. The maximum absolute atomic E-state index is 9.13. The predicted molar refractivity (Wildman–Crippen MR) is 56.0 cm³/mol. The van der Waals surface area contributed by atoms with Gasteiger partial charge in [-0.25, -0.2) is 0 Å². The van der Waals surface area contributed by atoms with Gasteiger partial charge < -0.3 is 9.84 Å². The highest BCUT2D eigenvalue weighted by molar-refractivity contribution is 5.34. The first-order valence-electron chi connectivity index (χ1n) is 4.79. The second-order valence-electron chi connectivity index (χ2n) is 3.39. The van der Waals surface area contributed by atoms with Gasteiger partial charge in [0.05, 0.1) is 6.61 Å². The number of rotatable bonds is 3. The van der Waals surface area contributed by atoms with Crippen molar-refractivity contribution in [2.75, 3.05) is 0 Å². The number of aryl methyl sites for hydroxylation is 2. The average Bonchev–Trinajstić information content (AvgIpc) is 2.64. The van der Waals surface area contributed by atoms with E-state index < -0.39 is 0 Å². The minimum atomic E-state index is -0.130. The zero-order valence-corrected chi connectivity index (χ0v) is 9.08. The zero-order valence-electron chi connectivity index (χ0n) is 9.08. The Balaban J connectivity index is 2.29. The standard InChI is InChI=1S/C10H12N4O2/c1-7-3-9(8(5-15)4-11-7)16-10-12-6-14(2)13-10/h3-4,6,15H,5H2,1-2H3. The quantitative estimate of drug-likeness (QED) is 0.828. The van der Waals surface area contributed by atoms with Crippen molar-refractivity contribution < 1.29 is 9.84 Å². The molecule has 0 unspecified atom stereocenters. The largest absolute Gasteiger partial charge is 0.423 e. The molecular formula is C10H12N4O2. The Bertz CT molecular complexity index is 495. The Labute approximate surface area is 92.5 Å². The monoisotopic (exact) mass is 220 g/mol. The van der Waals surface area contributed by atoms with E-state index >= 15 is 0 Å². The van der Waals surface area contributed by atoms with E-state index in [-0.39, 0.29) is 12.6 Å². The Morgan fingerprint density at radius 3 is 2.88 bits per heavy atom. The second-order valence-corrected chi connectivity index (χ2v) is 3.39. The summed E-state index contributed by atoms with van der Waals surface area (Å²) in [5, 5.41) is 13.1. The van der Waals surface area contributed by atoms with E-state index in [2.05, 4.69) is 15.1 Å². The third-order valence-corrected chi connectivity index (χ3v) is 2.03. The van der Waals surface area contributed by atoms with Gasteiger partial charge in [0.15, 0.2) is 0 Å². The number of pyridine rings is 1. The molecule has 0 aliphatic rings. The number of aliphatic hydroxyl groups is 1. The van der Waals surface area contributed by atoms with Crippen molar-refractivity contribution in [2.24, 2.45) is 7.05 Å². The summed E-state index contributed by atoms with van der Waals surface area (Å²) in [5.74, 6) is 0.529. The van der Waals surface area contributed by atoms with Crippen LogP contribution in [0.15, 0.2) is 18.6 Å². The number of nitrogens with zero attached hydrogens (tertiary/aromatic N) is 4. The molecule has 0 fully saturated rings. The summed E-state index contributed by atoms with van der Waals surface area (Å²) in [6.07, 6.45) is 3.12. The minimum absolute atomic E-state index is 0.130. The van der Waals surface area contributed by atoms with Gasteiger partial charge in [-0.3, -0.25) is 9.67 Å². The molecule has 6 nitrogen and oxygen atoms in total. The van der Waals surface area contributed by atoms with Crippen molar-refractivity contribution in [2.45, 2.75) is 13.5 Å². The molecule has 2 aromatic heterocycles. The van der Waals surface area contributed by atoms with E-state index in [0.717, 1.165) is 5.69 Å². The van der Waals surface area contributed by atoms with Gasteiger partial charge in [0.2, 0.25) is 0 Å². The molecule has 2 rings (SSSR count). The van der Waals surface area contributed by atoms with Crippen molar-refractivity contribution in [3.05, 3.63) is 29.8 Å². The van der Waals surface area contributed by atoms with Crippen LogP contribution in [-0.2, 0) is 13.7 Å². The molecule has 0 saturated heterocycles. The highest BCUT2D eigenvalue weighted by atomic mass is 16.5. The smallest absolute Gasteiger partial charge is 0.340 e. The third-order valence-electron chi connectivity index (χ3n) is 2.03. The summed E-state index contributed by atoms with van der Waals surface area (Å²) < 4.78 is 7.00. The second kappa shape index (κ2) is 4.28. The normalized spacial score (nSPS) is 10.4. The van der Waals surface area contributed by atoms with Crippen LogP contribution >= 0.6 is 0 Å². The van der Waals surface area contributed by atoms with Crippen molar-refractivity contribution in [3.8, 4) is 11.8 Å². The molecule has 0 aromatic carbocycles. The molecule has 0 aliphatic carbocycles. The molecule has 6 heteroatoms. The summed E-state index contributed by atoms with van der Waals surface area (Å²) in [4.78, 5) is 8.02. The van der Waals surface area contributed by atoms with Crippen LogP contribution in [0.5, 0.6) is 11.8 Å². The van der Waals surface area contributed by atoms with Crippen LogP contribution in [0.2, 0.25) is 0 Å². The third kappa shape index (κ3) is 2.17. The molecule has 0 saturated carbocycles. The molecule has 0 spiro atoms. The highest BCUT2D eigenvalue weighted by Crippen LogP contribution is 2.22. The van der Waals surface area contributed by atoms with Crippen LogP contribution in [0.4, 0.5) is 0 Å².